The molecule has 1 heterocycles. The first kappa shape index (κ1) is 16.2. The molecule has 0 N–H and O–H groups in total. The van der Waals surface area contributed by atoms with Crippen LogP contribution >= 0.6 is 11.6 Å². The third-order valence-electron chi connectivity index (χ3n) is 4.73. The second-order valence-corrected chi connectivity index (χ2v) is 6.60. The lowest BCUT2D eigenvalue weighted by Gasteiger charge is -2.31. The Kier molecular flexibility index (Phi) is 4.85. The van der Waals surface area contributed by atoms with Gasteiger partial charge < -0.3 is 9.80 Å². The topological polar surface area (TPSA) is 40.6 Å². The van der Waals surface area contributed by atoms with Gasteiger partial charge in [0.25, 0.3) is 5.91 Å². The van der Waals surface area contributed by atoms with Gasteiger partial charge in [0.1, 0.15) is 5.82 Å². The number of benzene rings is 1. The van der Waals surface area contributed by atoms with Crippen LogP contribution in [0.2, 0.25) is 5.02 Å². The summed E-state index contributed by atoms with van der Waals surface area (Å²) in [6.07, 6.45) is 3.78. The highest BCUT2D eigenvalue weighted by molar-refractivity contribution is 6.33. The minimum absolute atomic E-state index is 0.0760. The molecule has 1 aliphatic carbocycles. The third kappa shape index (κ3) is 3.34. The highest BCUT2D eigenvalue weighted by atomic mass is 35.5. The van der Waals surface area contributed by atoms with Crippen LogP contribution in [0.1, 0.15) is 36.0 Å². The monoisotopic (exact) mass is 338 g/mol. The molecule has 1 aromatic carbocycles. The predicted octanol–water partition coefficient (Wildman–Crippen LogP) is 2.95. The van der Waals surface area contributed by atoms with Gasteiger partial charge in [0.15, 0.2) is 0 Å². The largest absolute Gasteiger partial charge is 0.341 e. The van der Waals surface area contributed by atoms with Crippen molar-refractivity contribution >= 4 is 23.4 Å². The molecule has 3 rings (SSSR count). The lowest BCUT2D eigenvalue weighted by Crippen LogP contribution is -2.41. The van der Waals surface area contributed by atoms with Crippen molar-refractivity contribution in [3.8, 4) is 0 Å². The van der Waals surface area contributed by atoms with Crippen LogP contribution in [0.5, 0.6) is 0 Å². The molecule has 6 heteroatoms. The highest BCUT2D eigenvalue weighted by Gasteiger charge is 2.31. The van der Waals surface area contributed by atoms with Crippen LogP contribution in [0.25, 0.3) is 0 Å². The fraction of sp³-hybridized carbons (Fsp3) is 0.529. The molecule has 1 saturated carbocycles. The van der Waals surface area contributed by atoms with Crippen molar-refractivity contribution in [3.05, 3.63) is 34.6 Å². The molecule has 0 spiro atoms. The van der Waals surface area contributed by atoms with Crippen molar-refractivity contribution in [1.82, 2.24) is 9.80 Å². The molecule has 2 fully saturated rings. The Labute approximate surface area is 140 Å². The van der Waals surface area contributed by atoms with Gasteiger partial charge in [-0.2, -0.15) is 0 Å². The van der Waals surface area contributed by atoms with E-state index in [1.165, 1.54) is 18.2 Å². The van der Waals surface area contributed by atoms with Gasteiger partial charge in [0, 0.05) is 32.1 Å². The van der Waals surface area contributed by atoms with E-state index in [0.717, 1.165) is 19.3 Å². The van der Waals surface area contributed by atoms with E-state index in [0.29, 0.717) is 32.6 Å². The van der Waals surface area contributed by atoms with Gasteiger partial charge in [-0.05, 0) is 31.4 Å². The van der Waals surface area contributed by atoms with E-state index in [-0.39, 0.29) is 22.4 Å². The maximum atomic E-state index is 13.9. The summed E-state index contributed by atoms with van der Waals surface area (Å²) in [5.41, 5.74) is -0.0760. The first-order valence-corrected chi connectivity index (χ1v) is 8.48. The maximum absolute atomic E-state index is 13.9. The molecule has 0 unspecified atom stereocenters. The van der Waals surface area contributed by atoms with Crippen molar-refractivity contribution in [2.45, 2.75) is 25.7 Å². The number of hydrogen-bond acceptors (Lipinski definition) is 2. The second-order valence-electron chi connectivity index (χ2n) is 6.20. The van der Waals surface area contributed by atoms with Crippen LogP contribution in [0.4, 0.5) is 4.39 Å². The zero-order valence-corrected chi connectivity index (χ0v) is 13.7. The minimum Gasteiger partial charge on any atom is -0.341 e. The summed E-state index contributed by atoms with van der Waals surface area (Å²) < 4.78 is 13.9. The number of halogens is 2. The van der Waals surface area contributed by atoms with E-state index in [4.69, 9.17) is 11.6 Å². The smallest absolute Gasteiger partial charge is 0.258 e. The molecule has 2 amide bonds. The Hall–Kier alpha value is -1.62. The molecule has 1 saturated heterocycles. The molecule has 1 aliphatic heterocycles. The molecular formula is C17H20ClFN2O2. The molecule has 0 radical (unpaired) electrons. The lowest BCUT2D eigenvalue weighted by atomic mass is 9.84. The minimum atomic E-state index is -0.603. The lowest BCUT2D eigenvalue weighted by molar-refractivity contribution is -0.138. The molecule has 2 aliphatic rings. The number of amides is 2. The van der Waals surface area contributed by atoms with E-state index < -0.39 is 11.7 Å². The third-order valence-corrected chi connectivity index (χ3v) is 5.04. The first-order valence-electron chi connectivity index (χ1n) is 8.10. The predicted molar refractivity (Wildman–Crippen MR) is 85.9 cm³/mol. The van der Waals surface area contributed by atoms with Gasteiger partial charge in [-0.25, -0.2) is 4.39 Å². The SMILES string of the molecule is O=C(c1c(F)cccc1Cl)N1CCCN(C(=O)C2CCC2)CC1. The number of hydrogen-bond donors (Lipinski definition) is 0. The maximum Gasteiger partial charge on any atom is 0.258 e. The first-order chi connectivity index (χ1) is 11.1. The fourth-order valence-corrected chi connectivity index (χ4v) is 3.36. The van der Waals surface area contributed by atoms with E-state index in [1.54, 1.807) is 4.90 Å². The normalized spacial score (nSPS) is 19.2. The van der Waals surface area contributed by atoms with E-state index in [2.05, 4.69) is 0 Å². The van der Waals surface area contributed by atoms with E-state index in [1.807, 2.05) is 4.90 Å². The average Bonchev–Trinajstić information content (AvgIpc) is 2.71. The van der Waals surface area contributed by atoms with Gasteiger partial charge in [-0.1, -0.05) is 24.1 Å². The molecule has 4 nitrogen and oxygen atoms in total. The summed E-state index contributed by atoms with van der Waals surface area (Å²) in [5.74, 6) is -0.632. The summed E-state index contributed by atoms with van der Waals surface area (Å²) in [7, 11) is 0. The van der Waals surface area contributed by atoms with Crippen molar-refractivity contribution in [2.24, 2.45) is 5.92 Å². The van der Waals surface area contributed by atoms with Crippen LogP contribution in [0.3, 0.4) is 0 Å². The van der Waals surface area contributed by atoms with Crippen LogP contribution < -0.4 is 0 Å². The quantitative estimate of drug-likeness (QED) is 0.832. The number of rotatable bonds is 2. The van der Waals surface area contributed by atoms with Crippen molar-refractivity contribution in [3.63, 3.8) is 0 Å². The van der Waals surface area contributed by atoms with Gasteiger partial charge in [-0.15, -0.1) is 0 Å². The number of carbonyl (C=O) groups excluding carboxylic acids is 2. The Bertz CT molecular complexity index is 598. The Morgan fingerprint density at radius 3 is 2.39 bits per heavy atom. The molecule has 124 valence electrons. The zero-order valence-electron chi connectivity index (χ0n) is 12.9. The van der Waals surface area contributed by atoms with Crippen molar-refractivity contribution in [2.75, 3.05) is 26.2 Å². The highest BCUT2D eigenvalue weighted by Crippen LogP contribution is 2.29. The van der Waals surface area contributed by atoms with Crippen LogP contribution in [-0.2, 0) is 4.79 Å². The molecule has 0 atom stereocenters. The average molecular weight is 339 g/mol. The van der Waals surface area contributed by atoms with Gasteiger partial charge in [0.2, 0.25) is 5.91 Å². The zero-order chi connectivity index (χ0) is 16.4. The van der Waals surface area contributed by atoms with Gasteiger partial charge in [0.05, 0.1) is 10.6 Å². The van der Waals surface area contributed by atoms with Crippen molar-refractivity contribution < 1.29 is 14.0 Å². The second kappa shape index (κ2) is 6.87. The van der Waals surface area contributed by atoms with E-state index >= 15 is 0 Å². The summed E-state index contributed by atoms with van der Waals surface area (Å²) >= 11 is 5.98. The summed E-state index contributed by atoms with van der Waals surface area (Å²) in [6, 6.07) is 4.24. The molecule has 23 heavy (non-hydrogen) atoms. The summed E-state index contributed by atoms with van der Waals surface area (Å²) in [4.78, 5) is 28.3. The molecule has 0 aromatic heterocycles. The summed E-state index contributed by atoms with van der Waals surface area (Å²) in [6.45, 7) is 2.09. The standard InChI is InChI=1S/C17H20ClFN2O2/c18-13-6-2-7-14(19)15(13)17(23)21-9-3-8-20(10-11-21)16(22)12-4-1-5-12/h2,6-7,12H,1,3-5,8-11H2. The molecular weight excluding hydrogens is 319 g/mol. The Balaban J connectivity index is 1.68. The Morgan fingerprint density at radius 2 is 1.74 bits per heavy atom. The Morgan fingerprint density at radius 1 is 1.04 bits per heavy atom. The fourth-order valence-electron chi connectivity index (χ4n) is 3.11. The van der Waals surface area contributed by atoms with E-state index in [9.17, 15) is 14.0 Å². The van der Waals surface area contributed by atoms with Crippen LogP contribution in [0.15, 0.2) is 18.2 Å². The number of nitrogens with zero attached hydrogens (tertiary/aromatic N) is 2. The van der Waals surface area contributed by atoms with Gasteiger partial charge >= 0.3 is 0 Å². The van der Waals surface area contributed by atoms with Gasteiger partial charge in [-0.3, -0.25) is 9.59 Å². The van der Waals surface area contributed by atoms with Crippen LogP contribution in [0, 0.1) is 11.7 Å². The summed E-state index contributed by atoms with van der Waals surface area (Å²) in [5, 5.41) is 0.127. The molecule has 0 bridgehead atoms. The van der Waals surface area contributed by atoms with Crippen molar-refractivity contribution in [1.29, 1.82) is 0 Å². The van der Waals surface area contributed by atoms with Crippen LogP contribution in [-0.4, -0.2) is 47.8 Å². The number of carbonyl (C=O) groups is 2. The molecule has 1 aromatic rings.